The van der Waals surface area contributed by atoms with Crippen LogP contribution in [0.3, 0.4) is 0 Å². The van der Waals surface area contributed by atoms with Gasteiger partial charge in [0.05, 0.1) is 17.9 Å². The third-order valence-electron chi connectivity index (χ3n) is 6.38. The van der Waals surface area contributed by atoms with Crippen LogP contribution in [0.4, 0.5) is 0 Å². The summed E-state index contributed by atoms with van der Waals surface area (Å²) >= 11 is 0. The van der Waals surface area contributed by atoms with Crippen LogP contribution in [0.1, 0.15) is 60.3 Å². The number of rotatable bonds is 1. The van der Waals surface area contributed by atoms with E-state index in [0.717, 1.165) is 5.57 Å². The Kier molecular flexibility index (Phi) is 9.74. The van der Waals surface area contributed by atoms with E-state index in [-0.39, 0.29) is 35.2 Å². The Labute approximate surface area is 197 Å². The smallest absolute Gasteiger partial charge is 0.251 e. The number of Topliss-reactive ketones (excluding diaryl/α,β-unsaturated/α-hetero) is 1. The Morgan fingerprint density at radius 1 is 1.06 bits per heavy atom. The maximum Gasteiger partial charge on any atom is 0.251 e. The summed E-state index contributed by atoms with van der Waals surface area (Å²) in [5, 5.41) is 13.3. The van der Waals surface area contributed by atoms with Gasteiger partial charge in [-0.2, -0.15) is 0 Å². The van der Waals surface area contributed by atoms with Gasteiger partial charge in [0.1, 0.15) is 0 Å². The molecule has 0 saturated heterocycles. The molecule has 1 aliphatic carbocycles. The van der Waals surface area contributed by atoms with Crippen molar-refractivity contribution in [2.45, 2.75) is 72.5 Å². The standard InChI is InChI=1S/C27H37NO5/c1-16-10-11-24(29)19(4)12-17(2)13-21(33-6)9-7-8-18(3)27(32)28-23-15-25(30)20(5)22(14-16)26(23)31/h7-9,12,15-16,19,21,24,29H,10-11,13-14H2,1-6H3,(H,28,32)/b9-7-,17-12+,18-8+. The van der Waals surface area contributed by atoms with E-state index in [1.165, 1.54) is 6.08 Å². The fourth-order valence-electron chi connectivity index (χ4n) is 4.09. The molecule has 1 heterocycles. The van der Waals surface area contributed by atoms with Gasteiger partial charge in [-0.1, -0.05) is 43.7 Å². The van der Waals surface area contributed by atoms with Crippen LogP contribution in [0, 0.1) is 11.8 Å². The number of hydrogen-bond donors (Lipinski definition) is 2. The van der Waals surface area contributed by atoms with Crippen LogP contribution < -0.4 is 5.32 Å². The molecule has 33 heavy (non-hydrogen) atoms. The minimum atomic E-state index is -0.500. The molecule has 2 bridgehead atoms. The van der Waals surface area contributed by atoms with Crippen molar-refractivity contribution in [2.75, 3.05) is 7.11 Å². The van der Waals surface area contributed by atoms with Crippen LogP contribution in [-0.4, -0.2) is 41.9 Å². The lowest BCUT2D eigenvalue weighted by molar-refractivity contribution is -0.120. The highest BCUT2D eigenvalue weighted by Crippen LogP contribution is 2.27. The minimum Gasteiger partial charge on any atom is -0.393 e. The third-order valence-corrected chi connectivity index (χ3v) is 6.38. The fraction of sp³-hybridized carbons (Fsp3) is 0.519. The average molecular weight is 456 g/mol. The van der Waals surface area contributed by atoms with E-state index in [1.807, 2.05) is 26.8 Å². The van der Waals surface area contributed by atoms with Crippen molar-refractivity contribution in [3.8, 4) is 0 Å². The normalized spacial score (nSPS) is 32.9. The Hall–Kier alpha value is -2.57. The molecule has 2 aliphatic rings. The molecule has 0 aromatic carbocycles. The van der Waals surface area contributed by atoms with E-state index >= 15 is 0 Å². The molecule has 0 aromatic heterocycles. The first-order valence-corrected chi connectivity index (χ1v) is 11.6. The first-order chi connectivity index (χ1) is 15.5. The largest absolute Gasteiger partial charge is 0.393 e. The molecule has 1 amide bonds. The number of nitrogens with one attached hydrogen (secondary N) is 1. The van der Waals surface area contributed by atoms with Gasteiger partial charge in [0.25, 0.3) is 5.91 Å². The van der Waals surface area contributed by atoms with Crippen molar-refractivity contribution >= 4 is 17.5 Å². The second-order valence-corrected chi connectivity index (χ2v) is 9.35. The van der Waals surface area contributed by atoms with Gasteiger partial charge in [0.2, 0.25) is 5.78 Å². The Morgan fingerprint density at radius 2 is 1.76 bits per heavy atom. The van der Waals surface area contributed by atoms with E-state index < -0.39 is 12.0 Å². The summed E-state index contributed by atoms with van der Waals surface area (Å²) in [6, 6.07) is 0. The zero-order chi connectivity index (χ0) is 24.7. The van der Waals surface area contributed by atoms with E-state index in [2.05, 4.69) is 11.4 Å². The molecular formula is C27H37NO5. The number of carbonyl (C=O) groups excluding carboxylic acids is 3. The number of fused-ring (bicyclic) bond motifs is 2. The molecule has 0 aromatic rings. The molecule has 0 spiro atoms. The molecule has 0 saturated carbocycles. The zero-order valence-corrected chi connectivity index (χ0v) is 20.6. The number of ether oxygens (including phenoxy) is 1. The molecule has 0 fully saturated rings. The summed E-state index contributed by atoms with van der Waals surface area (Å²) < 4.78 is 5.53. The van der Waals surface area contributed by atoms with Gasteiger partial charge < -0.3 is 15.2 Å². The first kappa shape index (κ1) is 26.7. The van der Waals surface area contributed by atoms with Crippen LogP contribution in [0.25, 0.3) is 0 Å². The number of methoxy groups -OCH3 is 1. The maximum atomic E-state index is 13.1. The summed E-state index contributed by atoms with van der Waals surface area (Å²) in [7, 11) is 1.63. The predicted octanol–water partition coefficient (Wildman–Crippen LogP) is 4.13. The Balaban J connectivity index is 2.38. The molecule has 4 unspecified atom stereocenters. The second kappa shape index (κ2) is 12.1. The van der Waals surface area contributed by atoms with Gasteiger partial charge in [-0.3, -0.25) is 14.4 Å². The lowest BCUT2D eigenvalue weighted by atomic mass is 9.85. The van der Waals surface area contributed by atoms with Crippen LogP contribution in [0.15, 0.2) is 58.4 Å². The molecule has 6 nitrogen and oxygen atoms in total. The van der Waals surface area contributed by atoms with Crippen molar-refractivity contribution in [1.29, 1.82) is 0 Å². The zero-order valence-electron chi connectivity index (χ0n) is 20.6. The Bertz CT molecular complexity index is 934. The van der Waals surface area contributed by atoms with Gasteiger partial charge in [0, 0.05) is 35.8 Å². The average Bonchev–Trinajstić information content (AvgIpc) is 2.76. The van der Waals surface area contributed by atoms with Crippen molar-refractivity contribution in [3.63, 3.8) is 0 Å². The fourth-order valence-corrected chi connectivity index (χ4v) is 4.09. The van der Waals surface area contributed by atoms with Crippen LogP contribution >= 0.6 is 0 Å². The quantitative estimate of drug-likeness (QED) is 0.458. The van der Waals surface area contributed by atoms with Crippen molar-refractivity contribution in [1.82, 2.24) is 5.32 Å². The summed E-state index contributed by atoms with van der Waals surface area (Å²) in [5.41, 5.74) is 2.39. The third kappa shape index (κ3) is 7.47. The molecule has 180 valence electrons. The number of amides is 1. The number of carbonyl (C=O) groups is 3. The lowest BCUT2D eigenvalue weighted by Crippen LogP contribution is -2.32. The van der Waals surface area contributed by atoms with Crippen molar-refractivity contribution in [2.24, 2.45) is 11.8 Å². The van der Waals surface area contributed by atoms with E-state index in [4.69, 9.17) is 4.74 Å². The van der Waals surface area contributed by atoms with Crippen LogP contribution in [0.5, 0.6) is 0 Å². The summed E-state index contributed by atoms with van der Waals surface area (Å²) in [4.78, 5) is 38.2. The van der Waals surface area contributed by atoms with E-state index in [9.17, 15) is 19.5 Å². The van der Waals surface area contributed by atoms with Gasteiger partial charge in [-0.25, -0.2) is 0 Å². The monoisotopic (exact) mass is 455 g/mol. The molecule has 2 rings (SSSR count). The van der Waals surface area contributed by atoms with Gasteiger partial charge in [-0.15, -0.1) is 0 Å². The summed E-state index contributed by atoms with van der Waals surface area (Å²) in [5.74, 6) is -0.936. The lowest BCUT2D eigenvalue weighted by Gasteiger charge is -2.22. The SMILES string of the molecule is COC1/C=C\C=C(/C)C(=O)NC2=CC(=O)C(C)=C(CC(C)CCC(O)C(C)/C=C(\C)C1)C2=O. The maximum absolute atomic E-state index is 13.1. The molecule has 1 aliphatic heterocycles. The highest BCUT2D eigenvalue weighted by molar-refractivity contribution is 6.23. The van der Waals surface area contributed by atoms with Gasteiger partial charge in [0.15, 0.2) is 5.78 Å². The van der Waals surface area contributed by atoms with Crippen LogP contribution in [0.2, 0.25) is 0 Å². The molecule has 4 atom stereocenters. The van der Waals surface area contributed by atoms with Crippen LogP contribution in [-0.2, 0) is 19.1 Å². The molecule has 6 heteroatoms. The molecule has 2 N–H and O–H groups in total. The number of ketones is 2. The topological polar surface area (TPSA) is 92.7 Å². The Morgan fingerprint density at radius 3 is 2.42 bits per heavy atom. The van der Waals surface area contributed by atoms with E-state index in [1.54, 1.807) is 33.1 Å². The second-order valence-electron chi connectivity index (χ2n) is 9.35. The molecule has 0 radical (unpaired) electrons. The number of aliphatic hydroxyl groups excluding tert-OH is 1. The van der Waals surface area contributed by atoms with Crippen molar-refractivity contribution < 1.29 is 24.2 Å². The van der Waals surface area contributed by atoms with Crippen molar-refractivity contribution in [3.05, 3.63) is 58.4 Å². The first-order valence-electron chi connectivity index (χ1n) is 11.6. The predicted molar refractivity (Wildman–Crippen MR) is 129 cm³/mol. The highest BCUT2D eigenvalue weighted by Gasteiger charge is 2.28. The summed E-state index contributed by atoms with van der Waals surface area (Å²) in [6.45, 7) is 9.33. The van der Waals surface area contributed by atoms with E-state index in [0.29, 0.717) is 42.4 Å². The van der Waals surface area contributed by atoms with Gasteiger partial charge >= 0.3 is 0 Å². The van der Waals surface area contributed by atoms with Gasteiger partial charge in [-0.05, 0) is 52.4 Å². The summed E-state index contributed by atoms with van der Waals surface area (Å²) in [6.07, 6.45) is 10.3. The highest BCUT2D eigenvalue weighted by atomic mass is 16.5. The number of hydrogen-bond acceptors (Lipinski definition) is 5. The number of allylic oxidation sites excluding steroid dienone is 5. The minimum absolute atomic E-state index is 0.00990. The number of aliphatic hydroxyl groups is 1. The molecular weight excluding hydrogens is 418 g/mol.